The molecule has 0 bridgehead atoms. The SMILES string of the molecule is COC(=O)C[C@@H](c1cc2cc(C)cc(C)c2[nH]c1=O)c1c(O)cc(C)oc1=O. The largest absolute Gasteiger partial charge is 0.507 e. The summed E-state index contributed by atoms with van der Waals surface area (Å²) in [5.74, 6) is -1.74. The Morgan fingerprint density at radius 3 is 2.54 bits per heavy atom. The zero-order valence-corrected chi connectivity index (χ0v) is 16.1. The fourth-order valence-electron chi connectivity index (χ4n) is 3.51. The summed E-state index contributed by atoms with van der Waals surface area (Å²) in [5, 5.41) is 11.1. The van der Waals surface area contributed by atoms with Crippen LogP contribution in [-0.4, -0.2) is 23.2 Å². The van der Waals surface area contributed by atoms with E-state index in [1.807, 2.05) is 26.0 Å². The fourth-order valence-corrected chi connectivity index (χ4v) is 3.51. The molecule has 0 unspecified atom stereocenters. The molecule has 146 valence electrons. The highest BCUT2D eigenvalue weighted by Crippen LogP contribution is 2.32. The van der Waals surface area contributed by atoms with Crippen molar-refractivity contribution in [3.8, 4) is 5.75 Å². The van der Waals surface area contributed by atoms with Gasteiger partial charge in [-0.05, 0) is 43.9 Å². The van der Waals surface area contributed by atoms with Gasteiger partial charge in [-0.2, -0.15) is 0 Å². The van der Waals surface area contributed by atoms with Gasteiger partial charge in [-0.3, -0.25) is 9.59 Å². The fraction of sp³-hybridized carbons (Fsp3) is 0.286. The number of fused-ring (bicyclic) bond motifs is 1. The Morgan fingerprint density at radius 2 is 1.89 bits per heavy atom. The van der Waals surface area contributed by atoms with Crippen LogP contribution >= 0.6 is 0 Å². The van der Waals surface area contributed by atoms with E-state index in [4.69, 9.17) is 9.15 Å². The number of methoxy groups -OCH3 is 1. The van der Waals surface area contributed by atoms with Crippen molar-refractivity contribution in [3.05, 3.63) is 73.1 Å². The summed E-state index contributed by atoms with van der Waals surface area (Å²) in [7, 11) is 1.22. The standard InChI is InChI=1S/C21H21NO6/c1-10-5-11(2)19-13(6-10)8-15(20(25)22-19)14(9-17(24)27-4)18-16(23)7-12(3)28-21(18)26/h5-8,14,23H,9H2,1-4H3,(H,22,25)/t14-/m0/s1. The molecule has 0 saturated heterocycles. The van der Waals surface area contributed by atoms with Crippen LogP contribution in [0, 0.1) is 20.8 Å². The van der Waals surface area contributed by atoms with Crippen molar-refractivity contribution >= 4 is 16.9 Å². The third-order valence-corrected chi connectivity index (χ3v) is 4.73. The summed E-state index contributed by atoms with van der Waals surface area (Å²) in [6.07, 6.45) is -0.294. The number of ether oxygens (including phenoxy) is 1. The molecule has 0 fully saturated rings. The van der Waals surface area contributed by atoms with Gasteiger partial charge in [0.1, 0.15) is 11.5 Å². The molecule has 0 saturated carbocycles. The smallest absolute Gasteiger partial charge is 0.343 e. The number of aromatic hydroxyl groups is 1. The number of H-pyrrole nitrogens is 1. The van der Waals surface area contributed by atoms with Crippen molar-refractivity contribution < 1.29 is 19.1 Å². The first-order valence-electron chi connectivity index (χ1n) is 8.76. The Bertz CT molecular complexity index is 1190. The molecule has 2 aromatic heterocycles. The second-order valence-corrected chi connectivity index (χ2v) is 6.88. The van der Waals surface area contributed by atoms with E-state index in [9.17, 15) is 19.5 Å². The molecule has 3 aromatic rings. The number of nitrogens with one attached hydrogen (secondary N) is 1. The number of hydrogen-bond donors (Lipinski definition) is 2. The lowest BCUT2D eigenvalue weighted by Crippen LogP contribution is -2.24. The number of benzene rings is 1. The number of carbonyl (C=O) groups excluding carboxylic acids is 1. The van der Waals surface area contributed by atoms with Crippen LogP contribution in [0.3, 0.4) is 0 Å². The lowest BCUT2D eigenvalue weighted by Gasteiger charge is -2.17. The van der Waals surface area contributed by atoms with Crippen molar-refractivity contribution in [1.29, 1.82) is 0 Å². The molecule has 0 spiro atoms. The average molecular weight is 383 g/mol. The zero-order valence-electron chi connectivity index (χ0n) is 16.1. The Balaban J connectivity index is 2.30. The third kappa shape index (κ3) is 3.55. The molecule has 7 heteroatoms. The molecular weight excluding hydrogens is 362 g/mol. The number of pyridine rings is 1. The molecule has 0 amide bonds. The number of aromatic nitrogens is 1. The number of esters is 1. The minimum atomic E-state index is -1.02. The molecule has 0 aliphatic carbocycles. The first-order valence-corrected chi connectivity index (χ1v) is 8.76. The Labute approximate surface area is 160 Å². The number of rotatable bonds is 4. The van der Waals surface area contributed by atoms with Gasteiger partial charge in [-0.1, -0.05) is 11.6 Å². The summed E-state index contributed by atoms with van der Waals surface area (Å²) in [6.45, 7) is 5.34. The number of aryl methyl sites for hydroxylation is 3. The van der Waals surface area contributed by atoms with Crippen molar-refractivity contribution in [2.45, 2.75) is 33.1 Å². The molecular formula is C21H21NO6. The lowest BCUT2D eigenvalue weighted by atomic mass is 9.88. The van der Waals surface area contributed by atoms with Gasteiger partial charge < -0.3 is 19.2 Å². The van der Waals surface area contributed by atoms with Crippen LogP contribution in [0.5, 0.6) is 5.75 Å². The molecule has 1 aromatic carbocycles. The van der Waals surface area contributed by atoms with Gasteiger partial charge in [0.2, 0.25) is 0 Å². The first kappa shape index (κ1) is 19.4. The van der Waals surface area contributed by atoms with Gasteiger partial charge in [-0.15, -0.1) is 0 Å². The Morgan fingerprint density at radius 1 is 1.18 bits per heavy atom. The predicted molar refractivity (Wildman–Crippen MR) is 104 cm³/mol. The van der Waals surface area contributed by atoms with E-state index in [2.05, 4.69) is 4.98 Å². The third-order valence-electron chi connectivity index (χ3n) is 4.73. The van der Waals surface area contributed by atoms with Crippen molar-refractivity contribution in [3.63, 3.8) is 0 Å². The zero-order chi connectivity index (χ0) is 20.6. The van der Waals surface area contributed by atoms with Gasteiger partial charge in [0.15, 0.2) is 0 Å². The van der Waals surface area contributed by atoms with Crippen molar-refractivity contribution in [2.75, 3.05) is 7.11 Å². The summed E-state index contributed by atoms with van der Waals surface area (Å²) in [5.41, 5.74) is 1.36. The van der Waals surface area contributed by atoms with E-state index < -0.39 is 23.1 Å². The second-order valence-electron chi connectivity index (χ2n) is 6.88. The van der Waals surface area contributed by atoms with Crippen LogP contribution in [0.4, 0.5) is 0 Å². The maximum atomic E-state index is 12.8. The highest BCUT2D eigenvalue weighted by molar-refractivity contribution is 5.83. The number of aromatic amines is 1. The lowest BCUT2D eigenvalue weighted by molar-refractivity contribution is -0.140. The minimum Gasteiger partial charge on any atom is -0.507 e. The van der Waals surface area contributed by atoms with Crippen LogP contribution in [0.1, 0.15) is 40.4 Å². The van der Waals surface area contributed by atoms with E-state index in [0.29, 0.717) is 5.52 Å². The van der Waals surface area contributed by atoms with Gasteiger partial charge in [0.05, 0.1) is 24.6 Å². The Kier molecular flexibility index (Phi) is 5.09. The summed E-state index contributed by atoms with van der Waals surface area (Å²) in [6, 6.07) is 6.77. The van der Waals surface area contributed by atoms with Gasteiger partial charge >= 0.3 is 11.6 Å². The molecule has 7 nitrogen and oxygen atoms in total. The van der Waals surface area contributed by atoms with Crippen LogP contribution in [0.25, 0.3) is 10.9 Å². The Hall–Kier alpha value is -3.35. The first-order chi connectivity index (χ1) is 13.2. The quantitative estimate of drug-likeness (QED) is 0.671. The number of carbonyl (C=O) groups is 1. The normalized spacial score (nSPS) is 12.1. The monoisotopic (exact) mass is 383 g/mol. The van der Waals surface area contributed by atoms with Crippen LogP contribution in [0.2, 0.25) is 0 Å². The van der Waals surface area contributed by atoms with E-state index in [-0.39, 0.29) is 29.1 Å². The molecule has 3 rings (SSSR count). The van der Waals surface area contributed by atoms with E-state index in [0.717, 1.165) is 16.5 Å². The van der Waals surface area contributed by atoms with Crippen molar-refractivity contribution in [2.24, 2.45) is 0 Å². The van der Waals surface area contributed by atoms with Crippen LogP contribution in [0.15, 0.2) is 38.3 Å². The van der Waals surface area contributed by atoms with Crippen molar-refractivity contribution in [1.82, 2.24) is 4.98 Å². The molecule has 0 radical (unpaired) electrons. The molecule has 0 aliphatic rings. The van der Waals surface area contributed by atoms with Crippen LogP contribution in [-0.2, 0) is 9.53 Å². The predicted octanol–water partition coefficient (Wildman–Crippen LogP) is 2.81. The maximum Gasteiger partial charge on any atom is 0.343 e. The van der Waals surface area contributed by atoms with E-state index in [1.54, 1.807) is 6.07 Å². The minimum absolute atomic E-state index is 0.148. The molecule has 2 N–H and O–H groups in total. The van der Waals surface area contributed by atoms with Gasteiger partial charge in [0, 0.05) is 17.5 Å². The second kappa shape index (κ2) is 7.34. The summed E-state index contributed by atoms with van der Waals surface area (Å²) in [4.78, 5) is 40.1. The van der Waals surface area contributed by atoms with Gasteiger partial charge in [-0.25, -0.2) is 4.79 Å². The number of hydrogen-bond acceptors (Lipinski definition) is 6. The maximum absolute atomic E-state index is 12.8. The molecule has 1 atom stereocenters. The van der Waals surface area contributed by atoms with E-state index >= 15 is 0 Å². The van der Waals surface area contributed by atoms with Crippen LogP contribution < -0.4 is 11.2 Å². The average Bonchev–Trinajstić information content (AvgIpc) is 2.60. The topological polar surface area (TPSA) is 110 Å². The molecule has 28 heavy (non-hydrogen) atoms. The van der Waals surface area contributed by atoms with Gasteiger partial charge in [0.25, 0.3) is 5.56 Å². The molecule has 2 heterocycles. The summed E-state index contributed by atoms with van der Waals surface area (Å²) < 4.78 is 9.82. The highest BCUT2D eigenvalue weighted by Gasteiger charge is 2.28. The van der Waals surface area contributed by atoms with E-state index in [1.165, 1.54) is 20.1 Å². The summed E-state index contributed by atoms with van der Waals surface area (Å²) >= 11 is 0. The molecule has 0 aliphatic heterocycles. The highest BCUT2D eigenvalue weighted by atomic mass is 16.5.